The van der Waals surface area contributed by atoms with Gasteiger partial charge in [0.15, 0.2) is 5.82 Å². The number of hydrogen-bond acceptors (Lipinski definition) is 8. The van der Waals surface area contributed by atoms with Crippen molar-refractivity contribution in [3.8, 4) is 11.8 Å². The van der Waals surface area contributed by atoms with E-state index in [9.17, 15) is 13.6 Å². The minimum atomic E-state index is -0.463. The van der Waals surface area contributed by atoms with E-state index in [1.54, 1.807) is 4.90 Å². The maximum absolute atomic E-state index is 14.2. The number of ether oxygens (including phenoxy) is 2. The van der Waals surface area contributed by atoms with Gasteiger partial charge in [0, 0.05) is 54.4 Å². The van der Waals surface area contributed by atoms with Gasteiger partial charge in [-0.15, -0.1) is 11.3 Å². The van der Waals surface area contributed by atoms with E-state index in [0.29, 0.717) is 50.7 Å². The number of nitrogens with one attached hydrogen (secondary N) is 2. The highest BCUT2D eigenvalue weighted by Crippen LogP contribution is 2.32. The molecular weight excluding hydrogens is 586 g/mol. The molecule has 0 aliphatic carbocycles. The van der Waals surface area contributed by atoms with E-state index in [4.69, 9.17) is 9.47 Å². The number of benzene rings is 2. The summed E-state index contributed by atoms with van der Waals surface area (Å²) in [6, 6.07) is 13.2. The molecule has 2 atom stereocenters. The Morgan fingerprint density at radius 2 is 2.02 bits per heavy atom. The van der Waals surface area contributed by atoms with Crippen molar-refractivity contribution < 1.29 is 23.0 Å². The Balaban J connectivity index is 1.02. The Hall–Kier alpha value is -4.57. The molecule has 2 saturated heterocycles. The van der Waals surface area contributed by atoms with Gasteiger partial charge in [-0.1, -0.05) is 11.8 Å². The maximum atomic E-state index is 14.2. The molecule has 2 unspecified atom stereocenters. The van der Waals surface area contributed by atoms with E-state index in [2.05, 4.69) is 32.4 Å². The van der Waals surface area contributed by atoms with Crippen LogP contribution in [0.2, 0.25) is 0 Å². The number of rotatable bonds is 5. The molecule has 224 valence electrons. The van der Waals surface area contributed by atoms with E-state index in [-0.39, 0.29) is 24.8 Å². The van der Waals surface area contributed by atoms with Crippen LogP contribution in [0.3, 0.4) is 0 Å². The fraction of sp³-hybridized carbons (Fsp3) is 0.281. The van der Waals surface area contributed by atoms with E-state index in [0.717, 1.165) is 43.8 Å². The molecule has 3 aromatic heterocycles. The van der Waals surface area contributed by atoms with Crippen molar-refractivity contribution in [2.24, 2.45) is 0 Å². The zero-order valence-electron chi connectivity index (χ0n) is 23.6. The summed E-state index contributed by atoms with van der Waals surface area (Å²) in [6.45, 7) is 2.97. The Morgan fingerprint density at radius 3 is 2.91 bits per heavy atom. The maximum Gasteiger partial charge on any atom is 0.410 e. The van der Waals surface area contributed by atoms with Gasteiger partial charge in [-0.05, 0) is 48.5 Å². The van der Waals surface area contributed by atoms with E-state index < -0.39 is 11.6 Å². The van der Waals surface area contributed by atoms with Crippen LogP contribution < -0.4 is 10.6 Å². The molecule has 2 aromatic carbocycles. The van der Waals surface area contributed by atoms with Crippen LogP contribution in [-0.4, -0.2) is 70.5 Å². The first-order chi connectivity index (χ1) is 21.5. The zero-order chi connectivity index (χ0) is 30.0. The van der Waals surface area contributed by atoms with Crippen LogP contribution >= 0.6 is 11.3 Å². The lowest BCUT2D eigenvalue weighted by Gasteiger charge is -2.27. The average molecular weight is 615 g/mol. The van der Waals surface area contributed by atoms with Crippen LogP contribution in [-0.2, 0) is 16.0 Å². The molecule has 2 fully saturated rings. The van der Waals surface area contributed by atoms with Crippen molar-refractivity contribution in [2.45, 2.75) is 25.1 Å². The second kappa shape index (κ2) is 12.2. The monoisotopic (exact) mass is 614 g/mol. The third-order valence-corrected chi connectivity index (χ3v) is 8.74. The second-order valence-corrected chi connectivity index (χ2v) is 11.7. The van der Waals surface area contributed by atoms with Crippen molar-refractivity contribution in [1.29, 1.82) is 0 Å². The molecule has 0 radical (unpaired) electrons. The molecule has 1 amide bonds. The highest BCUT2D eigenvalue weighted by atomic mass is 32.1. The first kappa shape index (κ1) is 28.2. The van der Waals surface area contributed by atoms with E-state index >= 15 is 0 Å². The molecule has 0 saturated carbocycles. The fourth-order valence-corrected chi connectivity index (χ4v) is 6.35. The molecule has 0 bridgehead atoms. The number of amides is 1. The number of morpholine rings is 1. The molecule has 44 heavy (non-hydrogen) atoms. The minimum absolute atomic E-state index is 0.0807. The van der Waals surface area contributed by atoms with Crippen LogP contribution in [0.5, 0.6) is 0 Å². The molecule has 5 aromatic rings. The summed E-state index contributed by atoms with van der Waals surface area (Å²) in [5, 5.41) is 7.68. The zero-order valence-corrected chi connectivity index (χ0v) is 24.4. The van der Waals surface area contributed by atoms with Crippen LogP contribution in [0, 0.1) is 23.5 Å². The largest absolute Gasteiger partial charge is 0.445 e. The van der Waals surface area contributed by atoms with Gasteiger partial charge in [-0.25, -0.2) is 23.5 Å². The molecule has 2 N–H and O–H groups in total. The Morgan fingerprint density at radius 1 is 1.14 bits per heavy atom. The lowest BCUT2D eigenvalue weighted by molar-refractivity contribution is 0.0156. The van der Waals surface area contributed by atoms with Gasteiger partial charge < -0.3 is 24.3 Å². The summed E-state index contributed by atoms with van der Waals surface area (Å²) in [5.74, 6) is 6.28. The number of anilines is 2. The van der Waals surface area contributed by atoms with Crippen LogP contribution in [0.1, 0.15) is 16.9 Å². The van der Waals surface area contributed by atoms with Crippen LogP contribution in [0.4, 0.5) is 25.1 Å². The molecule has 2 aliphatic rings. The van der Waals surface area contributed by atoms with Gasteiger partial charge in [0.2, 0.25) is 0 Å². The summed E-state index contributed by atoms with van der Waals surface area (Å²) in [4.78, 5) is 23.8. The molecule has 0 spiro atoms. The second-order valence-electron chi connectivity index (χ2n) is 10.7. The molecule has 2 aliphatic heterocycles. The number of aromatic nitrogens is 3. The Labute approximate surface area is 255 Å². The third kappa shape index (κ3) is 6.07. The third-order valence-electron chi connectivity index (χ3n) is 7.69. The number of hydrogen-bond donors (Lipinski definition) is 2. The number of thiophene rings is 1. The number of carbonyl (C=O) groups excluding carboxylic acids is 1. The molecule has 9 nitrogen and oxygen atoms in total. The van der Waals surface area contributed by atoms with Crippen molar-refractivity contribution >= 4 is 50.1 Å². The molecule has 12 heteroatoms. The van der Waals surface area contributed by atoms with Crippen molar-refractivity contribution in [2.75, 3.05) is 38.2 Å². The smallest absolute Gasteiger partial charge is 0.410 e. The predicted octanol–water partition coefficient (Wildman–Crippen LogP) is 5.27. The quantitative estimate of drug-likeness (QED) is 0.261. The van der Waals surface area contributed by atoms with Gasteiger partial charge in [0.25, 0.3) is 0 Å². The highest BCUT2D eigenvalue weighted by Gasteiger charge is 2.28. The van der Waals surface area contributed by atoms with Crippen molar-refractivity contribution in [1.82, 2.24) is 24.8 Å². The summed E-state index contributed by atoms with van der Waals surface area (Å²) in [5.41, 5.74) is 2.82. The van der Waals surface area contributed by atoms with Crippen LogP contribution in [0.25, 0.3) is 21.1 Å². The van der Waals surface area contributed by atoms with Gasteiger partial charge >= 0.3 is 6.09 Å². The fourth-order valence-electron chi connectivity index (χ4n) is 5.43. The number of halogens is 2. The van der Waals surface area contributed by atoms with Crippen LogP contribution in [0.15, 0.2) is 61.1 Å². The molecule has 7 rings (SSSR count). The van der Waals surface area contributed by atoms with Gasteiger partial charge in [-0.3, -0.25) is 5.32 Å². The van der Waals surface area contributed by atoms with E-state index in [1.165, 1.54) is 23.7 Å². The summed E-state index contributed by atoms with van der Waals surface area (Å²) < 4.78 is 41.6. The number of fused-ring (bicyclic) bond motifs is 2. The SMILES string of the molecule is O=C(OC1CNC(C#Cc2cc3ncnc(Nc4ccc5c(ccn5Cc5cc(F)ccc5F)c4)c3s2)C1)N1CCOCC1. The highest BCUT2D eigenvalue weighted by molar-refractivity contribution is 7.20. The standard InChI is InChI=1S/C32H28F2N6O3S/c33-22-1-5-27(34)21(13-22)18-40-8-7-20-14-24(3-6-29(20)40)38-31-30-28(36-19-37-31)16-26(44-30)4-2-23-15-25(17-35-23)43-32(41)39-9-11-42-12-10-39/h1,3,5-8,13-14,16,19,23,25,35H,9-12,15,17-18H2,(H,36,37,38). The van der Waals surface area contributed by atoms with Gasteiger partial charge in [0.05, 0.1) is 40.9 Å². The number of nitrogens with zero attached hydrogens (tertiary/aromatic N) is 4. The summed E-state index contributed by atoms with van der Waals surface area (Å²) >= 11 is 1.51. The average Bonchev–Trinajstić information content (AvgIpc) is 3.77. The van der Waals surface area contributed by atoms with Gasteiger partial charge in [0.1, 0.15) is 24.1 Å². The first-order valence-electron chi connectivity index (χ1n) is 14.3. The predicted molar refractivity (Wildman–Crippen MR) is 164 cm³/mol. The van der Waals surface area contributed by atoms with Crippen molar-refractivity contribution in [3.05, 3.63) is 83.1 Å². The number of carbonyl (C=O) groups is 1. The van der Waals surface area contributed by atoms with E-state index in [1.807, 2.05) is 41.1 Å². The lowest BCUT2D eigenvalue weighted by Crippen LogP contribution is -2.42. The summed E-state index contributed by atoms with van der Waals surface area (Å²) in [7, 11) is 0. The molecule has 5 heterocycles. The van der Waals surface area contributed by atoms with Crippen molar-refractivity contribution in [3.63, 3.8) is 0 Å². The minimum Gasteiger partial charge on any atom is -0.445 e. The van der Waals surface area contributed by atoms with Gasteiger partial charge in [-0.2, -0.15) is 0 Å². The topological polar surface area (TPSA) is 93.5 Å². The first-order valence-corrected chi connectivity index (χ1v) is 15.1. The Kier molecular flexibility index (Phi) is 7.82. The summed E-state index contributed by atoms with van der Waals surface area (Å²) in [6.07, 6.45) is 3.49. The Bertz CT molecular complexity index is 1910. The molecular formula is C32H28F2N6O3S. The lowest BCUT2D eigenvalue weighted by atomic mass is 10.2. The normalized spacial score (nSPS) is 18.4.